The predicted octanol–water partition coefficient (Wildman–Crippen LogP) is 3.59. The van der Waals surface area contributed by atoms with E-state index in [1.165, 1.54) is 0 Å². The van der Waals surface area contributed by atoms with E-state index in [0.717, 1.165) is 0 Å². The van der Waals surface area contributed by atoms with Crippen LogP contribution in [0.3, 0.4) is 0 Å². The van der Waals surface area contributed by atoms with E-state index in [1.807, 2.05) is 0 Å². The number of rotatable bonds is 4. The van der Waals surface area contributed by atoms with Crippen molar-refractivity contribution in [1.29, 1.82) is 0 Å². The molecule has 0 aromatic heterocycles. The van der Waals surface area contributed by atoms with Gasteiger partial charge in [0.05, 0.1) is 10.8 Å². The summed E-state index contributed by atoms with van der Waals surface area (Å²) in [4.78, 5) is 43.2. The fraction of sp³-hybridized carbons (Fsp3) is 0.778. The fourth-order valence-electron chi connectivity index (χ4n) is 0.877. The summed E-state index contributed by atoms with van der Waals surface area (Å²) in [5, 5.41) is 0. The number of carbonyl (C=O) groups is 2. The zero-order chi connectivity index (χ0) is 19.4. The summed E-state index contributed by atoms with van der Waals surface area (Å²) in [5.74, 6) is 4.62. The van der Waals surface area contributed by atoms with Crippen molar-refractivity contribution >= 4 is 11.9 Å². The van der Waals surface area contributed by atoms with Crippen LogP contribution in [0.5, 0.6) is 0 Å². The van der Waals surface area contributed by atoms with Gasteiger partial charge >= 0.3 is 11.9 Å². The Morgan fingerprint density at radius 2 is 0.833 bits per heavy atom. The molecule has 0 N–H and O–H groups in total. The first-order chi connectivity index (χ1) is 10.5. The van der Waals surface area contributed by atoms with Crippen LogP contribution in [0.1, 0.15) is 69.2 Å². The van der Waals surface area contributed by atoms with E-state index in [2.05, 4.69) is 11.8 Å². The molecule has 0 heterocycles. The molecule has 0 aromatic rings. The summed E-state index contributed by atoms with van der Waals surface area (Å²) in [5.41, 5.74) is -3.44. The van der Waals surface area contributed by atoms with Crippen LogP contribution < -0.4 is 0 Å². The minimum absolute atomic E-state index is 0.494. The van der Waals surface area contributed by atoms with Gasteiger partial charge in [-0.15, -0.1) is 0 Å². The third-order valence-electron chi connectivity index (χ3n) is 2.54. The zero-order valence-electron chi connectivity index (χ0n) is 16.4. The van der Waals surface area contributed by atoms with E-state index in [-0.39, 0.29) is 0 Å². The van der Waals surface area contributed by atoms with Crippen molar-refractivity contribution in [1.82, 2.24) is 0 Å². The Morgan fingerprint density at radius 3 is 1.04 bits per heavy atom. The van der Waals surface area contributed by atoms with E-state index in [1.54, 1.807) is 69.2 Å². The molecule has 0 aromatic carbocycles. The molecule has 0 fully saturated rings. The van der Waals surface area contributed by atoms with E-state index < -0.39 is 34.0 Å². The maximum atomic E-state index is 11.7. The smallest absolute Gasteiger partial charge is 0.296 e. The Balaban J connectivity index is 4.75. The average molecular weight is 342 g/mol. The lowest BCUT2D eigenvalue weighted by atomic mass is 9.98. The highest BCUT2D eigenvalue weighted by atomic mass is 17.2. The van der Waals surface area contributed by atoms with Crippen molar-refractivity contribution in [2.75, 3.05) is 0 Å². The third kappa shape index (κ3) is 8.90. The van der Waals surface area contributed by atoms with Gasteiger partial charge in [-0.2, -0.15) is 9.78 Å². The van der Waals surface area contributed by atoms with Gasteiger partial charge in [-0.05, 0) is 69.2 Å². The molecular formula is C18H30O6. The molecule has 0 radical (unpaired) electrons. The van der Waals surface area contributed by atoms with Crippen molar-refractivity contribution in [3.63, 3.8) is 0 Å². The van der Waals surface area contributed by atoms with Crippen LogP contribution in [0.25, 0.3) is 0 Å². The Morgan fingerprint density at radius 1 is 0.583 bits per heavy atom. The molecule has 6 heteroatoms. The molecule has 0 bridgehead atoms. The summed E-state index contributed by atoms with van der Waals surface area (Å²) in [7, 11) is 0. The molecule has 0 aliphatic carbocycles. The molecule has 0 saturated carbocycles. The monoisotopic (exact) mass is 342 g/mol. The largest absolute Gasteiger partial charge is 0.347 e. The summed E-state index contributed by atoms with van der Waals surface area (Å²) in [6.45, 7) is 16.9. The second kappa shape index (κ2) is 7.54. The molecule has 138 valence electrons. The average Bonchev–Trinajstić information content (AvgIpc) is 2.38. The lowest BCUT2D eigenvalue weighted by molar-refractivity contribution is -0.318. The molecule has 0 unspecified atom stereocenters. The quantitative estimate of drug-likeness (QED) is 0.442. The van der Waals surface area contributed by atoms with Crippen LogP contribution in [-0.4, -0.2) is 23.1 Å². The first kappa shape index (κ1) is 22.4. The van der Waals surface area contributed by atoms with Crippen LogP contribution in [0.2, 0.25) is 0 Å². The lowest BCUT2D eigenvalue weighted by Gasteiger charge is -2.23. The van der Waals surface area contributed by atoms with Gasteiger partial charge < -0.3 is 0 Å². The van der Waals surface area contributed by atoms with E-state index in [0.29, 0.717) is 0 Å². The summed E-state index contributed by atoms with van der Waals surface area (Å²) >= 11 is 0. The standard InChI is InChI=1S/C18H30O6/c1-15(2,3)13(19)21-23-17(7,8)11-12-18(9,10)24-22-14(20)16(4,5)6/h1-10H3. The Hall–Kier alpha value is -1.58. The molecule has 0 aliphatic rings. The van der Waals surface area contributed by atoms with Gasteiger partial charge in [0.1, 0.15) is 0 Å². The molecular weight excluding hydrogens is 312 g/mol. The van der Waals surface area contributed by atoms with Crippen molar-refractivity contribution in [3.8, 4) is 11.8 Å². The number of hydrogen-bond donors (Lipinski definition) is 0. The minimum Gasteiger partial charge on any atom is -0.296 e. The highest BCUT2D eigenvalue weighted by molar-refractivity contribution is 5.75. The number of carbonyl (C=O) groups excluding carboxylic acids is 2. The second-order valence-electron chi connectivity index (χ2n) is 8.68. The van der Waals surface area contributed by atoms with Gasteiger partial charge in [0, 0.05) is 0 Å². The molecule has 24 heavy (non-hydrogen) atoms. The van der Waals surface area contributed by atoms with E-state index in [4.69, 9.17) is 19.6 Å². The minimum atomic E-state index is -1.05. The van der Waals surface area contributed by atoms with Crippen molar-refractivity contribution in [2.24, 2.45) is 10.8 Å². The van der Waals surface area contributed by atoms with Gasteiger partial charge in [-0.3, -0.25) is 9.78 Å². The van der Waals surface area contributed by atoms with Crippen LogP contribution >= 0.6 is 0 Å². The molecule has 0 atom stereocenters. The normalized spacial score (nSPS) is 12.9. The lowest BCUT2D eigenvalue weighted by Crippen LogP contribution is -2.32. The first-order valence-corrected chi connectivity index (χ1v) is 7.81. The molecule has 0 saturated heterocycles. The van der Waals surface area contributed by atoms with Crippen LogP contribution in [0.4, 0.5) is 0 Å². The Kier molecular flexibility index (Phi) is 7.04. The highest BCUT2D eigenvalue weighted by Gasteiger charge is 2.30. The summed E-state index contributed by atoms with van der Waals surface area (Å²) in [6, 6.07) is 0. The van der Waals surface area contributed by atoms with Crippen molar-refractivity contribution < 1.29 is 29.1 Å². The Labute approximate surface area is 145 Å². The maximum absolute atomic E-state index is 11.7. The first-order valence-electron chi connectivity index (χ1n) is 7.81. The fourth-order valence-corrected chi connectivity index (χ4v) is 0.877. The van der Waals surface area contributed by atoms with Gasteiger partial charge in [0.2, 0.25) is 0 Å². The molecule has 6 nitrogen and oxygen atoms in total. The van der Waals surface area contributed by atoms with Gasteiger partial charge in [-0.1, -0.05) is 11.8 Å². The van der Waals surface area contributed by atoms with Crippen LogP contribution in [0, 0.1) is 22.7 Å². The second-order valence-corrected chi connectivity index (χ2v) is 8.68. The van der Waals surface area contributed by atoms with Crippen LogP contribution in [-0.2, 0) is 29.1 Å². The molecule has 0 spiro atoms. The third-order valence-corrected chi connectivity index (χ3v) is 2.54. The SMILES string of the molecule is CC(C)(C#CC(C)(C)OOC(=O)C(C)(C)C)OOC(=O)C(C)(C)C. The van der Waals surface area contributed by atoms with Gasteiger partial charge in [0.25, 0.3) is 0 Å². The van der Waals surface area contributed by atoms with Gasteiger partial charge in [-0.25, -0.2) is 9.59 Å². The van der Waals surface area contributed by atoms with Crippen LogP contribution in [0.15, 0.2) is 0 Å². The van der Waals surface area contributed by atoms with Gasteiger partial charge in [0.15, 0.2) is 11.2 Å². The Bertz CT molecular complexity index is 474. The molecule has 0 amide bonds. The topological polar surface area (TPSA) is 71.1 Å². The summed E-state index contributed by atoms with van der Waals surface area (Å²) in [6.07, 6.45) is 0. The van der Waals surface area contributed by atoms with Crippen molar-refractivity contribution in [3.05, 3.63) is 0 Å². The van der Waals surface area contributed by atoms with Crippen molar-refractivity contribution in [2.45, 2.75) is 80.4 Å². The molecule has 0 rings (SSSR count). The summed E-state index contributed by atoms with van der Waals surface area (Å²) < 4.78 is 0. The predicted molar refractivity (Wildman–Crippen MR) is 89.2 cm³/mol. The highest BCUT2D eigenvalue weighted by Crippen LogP contribution is 2.20. The van der Waals surface area contributed by atoms with E-state index >= 15 is 0 Å². The van der Waals surface area contributed by atoms with E-state index in [9.17, 15) is 9.59 Å². The zero-order valence-corrected chi connectivity index (χ0v) is 16.4. The maximum Gasteiger partial charge on any atom is 0.347 e. The molecule has 0 aliphatic heterocycles. The number of hydrogen-bond acceptors (Lipinski definition) is 6.